The van der Waals surface area contributed by atoms with Gasteiger partial charge in [-0.3, -0.25) is 14.5 Å². The van der Waals surface area contributed by atoms with Crippen LogP contribution in [-0.2, 0) is 22.7 Å². The molecule has 1 aromatic heterocycles. The van der Waals surface area contributed by atoms with Crippen LogP contribution >= 0.6 is 35.6 Å². The second-order valence-electron chi connectivity index (χ2n) is 7.08. The molecule has 2 aromatic carbocycles. The zero-order chi connectivity index (χ0) is 21.5. The Morgan fingerprint density at radius 1 is 0.903 bits per heavy atom. The highest BCUT2D eigenvalue weighted by Gasteiger charge is 2.42. The minimum Gasteiger partial charge on any atom is -0.467 e. The predicted molar refractivity (Wildman–Crippen MR) is 125 cm³/mol. The fourth-order valence-electron chi connectivity index (χ4n) is 3.67. The largest absolute Gasteiger partial charge is 0.467 e. The Balaban J connectivity index is 1.52. The standard InChI is InChI=1S/C23H15ClN2O3S2/c24-15-9-7-14(8-10-15)12-25-18-6-2-1-5-17(18)19(21(25)27)20-22(28)26(23(30)31-20)13-16-4-3-11-29-16/h1-11H,12-13H2. The molecule has 3 aromatic rings. The SMILES string of the molecule is O=C1C(=C2C(=O)N(Cc3ccc(Cl)cc3)c3ccccc32)SC(=S)N1Cc1ccco1. The first-order valence-corrected chi connectivity index (χ1v) is 11.1. The van der Waals surface area contributed by atoms with E-state index in [4.69, 9.17) is 28.2 Å². The van der Waals surface area contributed by atoms with Crippen LogP contribution in [0.4, 0.5) is 5.69 Å². The summed E-state index contributed by atoms with van der Waals surface area (Å²) in [6.07, 6.45) is 1.55. The fraction of sp³-hybridized carbons (Fsp3) is 0.0870. The van der Waals surface area contributed by atoms with Gasteiger partial charge in [0.1, 0.15) is 10.1 Å². The van der Waals surface area contributed by atoms with Gasteiger partial charge in [0.05, 0.1) is 35.5 Å². The van der Waals surface area contributed by atoms with Gasteiger partial charge in [0, 0.05) is 10.6 Å². The number of rotatable bonds is 4. The Kier molecular flexibility index (Phi) is 5.17. The highest BCUT2D eigenvalue weighted by molar-refractivity contribution is 8.26. The quantitative estimate of drug-likeness (QED) is 0.388. The average Bonchev–Trinajstić information content (AvgIpc) is 3.45. The Labute approximate surface area is 193 Å². The molecule has 2 aliphatic rings. The van der Waals surface area contributed by atoms with Crippen LogP contribution in [0.3, 0.4) is 0 Å². The molecule has 0 spiro atoms. The summed E-state index contributed by atoms with van der Waals surface area (Å²) >= 11 is 12.6. The van der Waals surface area contributed by atoms with Crippen molar-refractivity contribution in [1.82, 2.24) is 4.90 Å². The van der Waals surface area contributed by atoms with Gasteiger partial charge in [-0.15, -0.1) is 0 Å². The number of anilines is 1. The number of thiocarbonyl (C=S) groups is 1. The van der Waals surface area contributed by atoms with E-state index < -0.39 is 0 Å². The zero-order valence-corrected chi connectivity index (χ0v) is 18.5. The summed E-state index contributed by atoms with van der Waals surface area (Å²) in [6.45, 7) is 0.613. The number of benzene rings is 2. The van der Waals surface area contributed by atoms with Crippen molar-refractivity contribution in [2.45, 2.75) is 13.1 Å². The normalized spacial score (nSPS) is 18.3. The first-order chi connectivity index (χ1) is 15.0. The van der Waals surface area contributed by atoms with E-state index in [1.807, 2.05) is 36.4 Å². The van der Waals surface area contributed by atoms with Crippen molar-refractivity contribution in [3.63, 3.8) is 0 Å². The molecule has 0 saturated carbocycles. The van der Waals surface area contributed by atoms with Gasteiger partial charge in [-0.05, 0) is 35.9 Å². The molecule has 0 aliphatic carbocycles. The van der Waals surface area contributed by atoms with Crippen LogP contribution in [0.25, 0.3) is 5.57 Å². The lowest BCUT2D eigenvalue weighted by Crippen LogP contribution is -2.29. The molecule has 0 N–H and O–H groups in total. The third-order valence-corrected chi connectivity index (χ3v) is 6.85. The van der Waals surface area contributed by atoms with E-state index >= 15 is 0 Å². The maximum atomic E-state index is 13.5. The van der Waals surface area contributed by atoms with Crippen molar-refractivity contribution in [2.75, 3.05) is 4.90 Å². The number of halogens is 1. The van der Waals surface area contributed by atoms with Crippen molar-refractivity contribution in [3.05, 3.63) is 93.7 Å². The number of furan rings is 1. The van der Waals surface area contributed by atoms with Gasteiger partial charge in [-0.1, -0.05) is 65.9 Å². The summed E-state index contributed by atoms with van der Waals surface area (Å²) < 4.78 is 5.77. The monoisotopic (exact) mass is 466 g/mol. The maximum Gasteiger partial charge on any atom is 0.267 e. The summed E-state index contributed by atoms with van der Waals surface area (Å²) in [5.74, 6) is 0.137. The molecule has 5 rings (SSSR count). The number of nitrogens with zero attached hydrogens (tertiary/aromatic N) is 2. The smallest absolute Gasteiger partial charge is 0.267 e. The highest BCUT2D eigenvalue weighted by Crippen LogP contribution is 2.45. The van der Waals surface area contributed by atoms with Crippen LogP contribution in [0, 0.1) is 0 Å². The Morgan fingerprint density at radius 3 is 2.42 bits per heavy atom. The first-order valence-electron chi connectivity index (χ1n) is 9.49. The number of hydrogen-bond acceptors (Lipinski definition) is 5. The second kappa shape index (κ2) is 8.00. The molecule has 31 heavy (non-hydrogen) atoms. The third kappa shape index (κ3) is 3.59. The average molecular weight is 467 g/mol. The number of fused-ring (bicyclic) bond motifs is 1. The number of carbonyl (C=O) groups is 2. The van der Waals surface area contributed by atoms with Crippen LogP contribution in [0.1, 0.15) is 16.9 Å². The topological polar surface area (TPSA) is 53.8 Å². The van der Waals surface area contributed by atoms with E-state index in [1.165, 1.54) is 4.90 Å². The summed E-state index contributed by atoms with van der Waals surface area (Å²) in [7, 11) is 0. The molecule has 2 aliphatic heterocycles. The van der Waals surface area contributed by atoms with Crippen molar-refractivity contribution in [1.29, 1.82) is 0 Å². The summed E-state index contributed by atoms with van der Waals surface area (Å²) in [5.41, 5.74) is 2.84. The highest BCUT2D eigenvalue weighted by atomic mass is 35.5. The van der Waals surface area contributed by atoms with E-state index in [1.54, 1.807) is 35.4 Å². The minimum absolute atomic E-state index is 0.213. The molecule has 8 heteroatoms. The molecule has 0 unspecified atom stereocenters. The van der Waals surface area contributed by atoms with Crippen LogP contribution in [0.15, 0.2) is 76.2 Å². The van der Waals surface area contributed by atoms with E-state index in [0.717, 1.165) is 28.6 Å². The fourth-order valence-corrected chi connectivity index (χ4v) is 5.13. The Hall–Kier alpha value is -2.87. The number of carbonyl (C=O) groups excluding carboxylic acids is 2. The predicted octanol–water partition coefficient (Wildman–Crippen LogP) is 5.25. The molecule has 154 valence electrons. The molecule has 1 saturated heterocycles. The lowest BCUT2D eigenvalue weighted by Gasteiger charge is -2.17. The van der Waals surface area contributed by atoms with Gasteiger partial charge in [0.25, 0.3) is 11.8 Å². The summed E-state index contributed by atoms with van der Waals surface area (Å²) in [5, 5.41) is 0.637. The van der Waals surface area contributed by atoms with Gasteiger partial charge >= 0.3 is 0 Å². The molecular weight excluding hydrogens is 452 g/mol. The molecule has 0 radical (unpaired) electrons. The Bertz CT molecular complexity index is 1240. The van der Waals surface area contributed by atoms with Gasteiger partial charge in [-0.25, -0.2) is 0 Å². The lowest BCUT2D eigenvalue weighted by atomic mass is 10.1. The summed E-state index contributed by atoms with van der Waals surface area (Å²) in [6, 6.07) is 18.4. The van der Waals surface area contributed by atoms with Gasteiger partial charge in [-0.2, -0.15) is 0 Å². The van der Waals surface area contributed by atoms with E-state index in [-0.39, 0.29) is 18.4 Å². The van der Waals surface area contributed by atoms with E-state index in [0.29, 0.717) is 32.1 Å². The van der Waals surface area contributed by atoms with E-state index in [9.17, 15) is 9.59 Å². The molecule has 0 atom stereocenters. The number of amides is 2. The zero-order valence-electron chi connectivity index (χ0n) is 16.1. The molecule has 1 fully saturated rings. The van der Waals surface area contributed by atoms with Crippen molar-refractivity contribution < 1.29 is 14.0 Å². The van der Waals surface area contributed by atoms with Gasteiger partial charge in [0.15, 0.2) is 0 Å². The van der Waals surface area contributed by atoms with Crippen LogP contribution in [0.2, 0.25) is 5.02 Å². The number of thioether (sulfide) groups is 1. The van der Waals surface area contributed by atoms with Crippen LogP contribution < -0.4 is 4.90 Å². The number of hydrogen-bond donors (Lipinski definition) is 0. The van der Waals surface area contributed by atoms with Gasteiger partial charge < -0.3 is 9.32 Å². The molecule has 3 heterocycles. The van der Waals surface area contributed by atoms with Crippen molar-refractivity contribution >= 4 is 63.0 Å². The van der Waals surface area contributed by atoms with Crippen LogP contribution in [-0.4, -0.2) is 21.0 Å². The maximum absolute atomic E-state index is 13.5. The minimum atomic E-state index is -0.280. The molecule has 0 bridgehead atoms. The molecule has 5 nitrogen and oxygen atoms in total. The molecule has 2 amide bonds. The van der Waals surface area contributed by atoms with E-state index in [2.05, 4.69) is 0 Å². The van der Waals surface area contributed by atoms with Crippen LogP contribution in [0.5, 0.6) is 0 Å². The first kappa shape index (κ1) is 20.1. The summed E-state index contributed by atoms with van der Waals surface area (Å²) in [4.78, 5) is 30.2. The Morgan fingerprint density at radius 2 is 1.68 bits per heavy atom. The molecular formula is C23H15ClN2O3S2. The van der Waals surface area contributed by atoms with Crippen molar-refractivity contribution in [3.8, 4) is 0 Å². The van der Waals surface area contributed by atoms with Crippen molar-refractivity contribution in [2.24, 2.45) is 0 Å². The third-order valence-electron chi connectivity index (χ3n) is 5.15. The second-order valence-corrected chi connectivity index (χ2v) is 9.16. The lowest BCUT2D eigenvalue weighted by molar-refractivity contribution is -0.123. The van der Waals surface area contributed by atoms with Gasteiger partial charge in [0.2, 0.25) is 0 Å². The number of para-hydroxylation sites is 1.